The highest BCUT2D eigenvalue weighted by Crippen LogP contribution is 2.37. The van der Waals surface area contributed by atoms with E-state index in [1.165, 1.54) is 0 Å². The average molecular weight is 322 g/mol. The standard InChI is InChI=1S/C18H18N4O2/c1-11-8-13(4-5-20-11)18-17(21-16(10-19)22-18)12-2-3-14-15(9-12)24-7-6-23-14/h2-5,8-9H,6-7,10,19H2,1H3,(H,21,22). The van der Waals surface area contributed by atoms with E-state index >= 15 is 0 Å². The van der Waals surface area contributed by atoms with Crippen LogP contribution in [0.2, 0.25) is 0 Å². The minimum Gasteiger partial charge on any atom is -0.486 e. The first kappa shape index (κ1) is 14.7. The summed E-state index contributed by atoms with van der Waals surface area (Å²) in [6.45, 7) is 3.45. The molecule has 0 saturated heterocycles. The molecule has 0 unspecified atom stereocenters. The summed E-state index contributed by atoms with van der Waals surface area (Å²) in [6, 6.07) is 9.85. The molecule has 0 radical (unpaired) electrons. The number of H-pyrrole nitrogens is 1. The zero-order valence-electron chi connectivity index (χ0n) is 13.4. The van der Waals surface area contributed by atoms with Crippen molar-refractivity contribution in [2.75, 3.05) is 13.2 Å². The molecular weight excluding hydrogens is 304 g/mol. The minimum absolute atomic E-state index is 0.349. The Balaban J connectivity index is 1.84. The number of fused-ring (bicyclic) bond motifs is 1. The van der Waals surface area contributed by atoms with E-state index in [0.717, 1.165) is 45.5 Å². The first-order chi connectivity index (χ1) is 11.7. The number of hydrogen-bond donors (Lipinski definition) is 2. The molecule has 24 heavy (non-hydrogen) atoms. The summed E-state index contributed by atoms with van der Waals surface area (Å²) in [6.07, 6.45) is 1.79. The number of nitrogens with two attached hydrogens (primary N) is 1. The van der Waals surface area contributed by atoms with Gasteiger partial charge in [0.25, 0.3) is 0 Å². The van der Waals surface area contributed by atoms with Crippen LogP contribution in [0, 0.1) is 6.92 Å². The van der Waals surface area contributed by atoms with Gasteiger partial charge in [0.15, 0.2) is 11.5 Å². The van der Waals surface area contributed by atoms with E-state index in [-0.39, 0.29) is 0 Å². The van der Waals surface area contributed by atoms with E-state index in [1.807, 2.05) is 37.3 Å². The maximum Gasteiger partial charge on any atom is 0.162 e. The van der Waals surface area contributed by atoms with E-state index in [4.69, 9.17) is 15.2 Å². The number of nitrogens with zero attached hydrogens (tertiary/aromatic N) is 2. The van der Waals surface area contributed by atoms with Gasteiger partial charge in [0.2, 0.25) is 0 Å². The van der Waals surface area contributed by atoms with E-state index in [9.17, 15) is 0 Å². The van der Waals surface area contributed by atoms with Gasteiger partial charge in [0.05, 0.1) is 17.9 Å². The SMILES string of the molecule is Cc1cc(-c2[nH]c(CN)nc2-c2ccc3c(c2)OCCO3)ccn1. The van der Waals surface area contributed by atoms with Crippen LogP contribution >= 0.6 is 0 Å². The average Bonchev–Trinajstić information content (AvgIpc) is 3.06. The van der Waals surface area contributed by atoms with Crippen molar-refractivity contribution >= 4 is 0 Å². The van der Waals surface area contributed by atoms with Crippen LogP contribution in [-0.4, -0.2) is 28.2 Å². The number of aromatic nitrogens is 3. The summed E-state index contributed by atoms with van der Waals surface area (Å²) < 4.78 is 11.3. The second-order valence-corrected chi connectivity index (χ2v) is 5.66. The highest BCUT2D eigenvalue weighted by Gasteiger charge is 2.18. The quantitative estimate of drug-likeness (QED) is 0.774. The molecule has 0 aliphatic carbocycles. The second-order valence-electron chi connectivity index (χ2n) is 5.66. The number of benzene rings is 1. The van der Waals surface area contributed by atoms with Crippen LogP contribution in [0.5, 0.6) is 11.5 Å². The summed E-state index contributed by atoms with van der Waals surface area (Å²) in [5.74, 6) is 2.25. The molecule has 2 aromatic heterocycles. The molecule has 6 heteroatoms. The predicted molar refractivity (Wildman–Crippen MR) is 90.9 cm³/mol. The topological polar surface area (TPSA) is 86.1 Å². The van der Waals surface area contributed by atoms with Gasteiger partial charge in [0.1, 0.15) is 19.0 Å². The molecule has 0 atom stereocenters. The van der Waals surface area contributed by atoms with Crippen LogP contribution in [0.25, 0.3) is 22.5 Å². The molecule has 1 aromatic carbocycles. The van der Waals surface area contributed by atoms with Crippen molar-refractivity contribution in [3.8, 4) is 34.0 Å². The lowest BCUT2D eigenvalue weighted by atomic mass is 10.0. The minimum atomic E-state index is 0.349. The number of nitrogens with one attached hydrogen (secondary N) is 1. The zero-order chi connectivity index (χ0) is 16.5. The number of rotatable bonds is 3. The van der Waals surface area contributed by atoms with E-state index in [0.29, 0.717) is 19.8 Å². The van der Waals surface area contributed by atoms with Crippen LogP contribution in [-0.2, 0) is 6.54 Å². The summed E-state index contributed by atoms with van der Waals surface area (Å²) in [5, 5.41) is 0. The summed E-state index contributed by atoms with van der Waals surface area (Å²) in [7, 11) is 0. The van der Waals surface area contributed by atoms with Crippen molar-refractivity contribution in [2.24, 2.45) is 5.73 Å². The Morgan fingerprint density at radius 3 is 2.71 bits per heavy atom. The molecule has 1 aliphatic heterocycles. The third-order valence-electron chi connectivity index (χ3n) is 3.95. The molecule has 0 saturated carbocycles. The second kappa shape index (κ2) is 5.98. The maximum absolute atomic E-state index is 5.78. The predicted octanol–water partition coefficient (Wildman–Crippen LogP) is 2.68. The fourth-order valence-electron chi connectivity index (χ4n) is 2.83. The number of hydrogen-bond acceptors (Lipinski definition) is 5. The van der Waals surface area contributed by atoms with Crippen LogP contribution in [0.4, 0.5) is 0 Å². The molecule has 3 N–H and O–H groups in total. The first-order valence-electron chi connectivity index (χ1n) is 7.86. The molecule has 3 aromatic rings. The molecule has 4 rings (SSSR count). The zero-order valence-corrected chi connectivity index (χ0v) is 13.4. The van der Waals surface area contributed by atoms with Gasteiger partial charge in [-0.1, -0.05) is 0 Å². The van der Waals surface area contributed by atoms with Crippen LogP contribution < -0.4 is 15.2 Å². The molecule has 0 fully saturated rings. The van der Waals surface area contributed by atoms with E-state index in [2.05, 4.69) is 15.0 Å². The molecule has 6 nitrogen and oxygen atoms in total. The van der Waals surface area contributed by atoms with Gasteiger partial charge in [-0.3, -0.25) is 4.98 Å². The van der Waals surface area contributed by atoms with Gasteiger partial charge < -0.3 is 20.2 Å². The first-order valence-corrected chi connectivity index (χ1v) is 7.86. The van der Waals surface area contributed by atoms with Gasteiger partial charge >= 0.3 is 0 Å². The Bertz CT molecular complexity index is 888. The lowest BCUT2D eigenvalue weighted by Crippen LogP contribution is -2.15. The number of imidazole rings is 1. The Labute approximate surface area is 139 Å². The lowest BCUT2D eigenvalue weighted by Gasteiger charge is -2.18. The summed E-state index contributed by atoms with van der Waals surface area (Å²) >= 11 is 0. The molecule has 1 aliphatic rings. The van der Waals surface area contributed by atoms with Crippen molar-refractivity contribution in [3.63, 3.8) is 0 Å². The van der Waals surface area contributed by atoms with Crippen molar-refractivity contribution in [2.45, 2.75) is 13.5 Å². The molecule has 0 amide bonds. The summed E-state index contributed by atoms with van der Waals surface area (Å²) in [5.41, 5.74) is 10.5. The highest BCUT2D eigenvalue weighted by molar-refractivity contribution is 5.79. The number of aryl methyl sites for hydroxylation is 1. The van der Waals surface area contributed by atoms with Crippen LogP contribution in [0.15, 0.2) is 36.5 Å². The van der Waals surface area contributed by atoms with Crippen LogP contribution in [0.3, 0.4) is 0 Å². The highest BCUT2D eigenvalue weighted by atomic mass is 16.6. The Morgan fingerprint density at radius 1 is 1.08 bits per heavy atom. The molecule has 122 valence electrons. The number of ether oxygens (including phenoxy) is 2. The Kier molecular flexibility index (Phi) is 3.66. The van der Waals surface area contributed by atoms with Crippen molar-refractivity contribution in [1.29, 1.82) is 0 Å². The normalized spacial score (nSPS) is 13.1. The van der Waals surface area contributed by atoms with E-state index < -0.39 is 0 Å². The van der Waals surface area contributed by atoms with Crippen molar-refractivity contribution in [1.82, 2.24) is 15.0 Å². The fourth-order valence-corrected chi connectivity index (χ4v) is 2.83. The summed E-state index contributed by atoms with van der Waals surface area (Å²) in [4.78, 5) is 12.2. The van der Waals surface area contributed by atoms with Gasteiger partial charge in [-0.2, -0.15) is 0 Å². The van der Waals surface area contributed by atoms with Crippen molar-refractivity contribution in [3.05, 3.63) is 48.0 Å². The smallest absolute Gasteiger partial charge is 0.162 e. The largest absolute Gasteiger partial charge is 0.486 e. The van der Waals surface area contributed by atoms with Gasteiger partial charge in [-0.25, -0.2) is 4.98 Å². The maximum atomic E-state index is 5.78. The molecule has 3 heterocycles. The van der Waals surface area contributed by atoms with Gasteiger partial charge in [-0.05, 0) is 37.3 Å². The molecule has 0 bridgehead atoms. The molecular formula is C18H18N4O2. The van der Waals surface area contributed by atoms with Crippen molar-refractivity contribution < 1.29 is 9.47 Å². The number of pyridine rings is 1. The number of aromatic amines is 1. The lowest BCUT2D eigenvalue weighted by molar-refractivity contribution is 0.171. The molecule has 0 spiro atoms. The fraction of sp³-hybridized carbons (Fsp3) is 0.222. The van der Waals surface area contributed by atoms with Gasteiger partial charge in [-0.15, -0.1) is 0 Å². The third-order valence-corrected chi connectivity index (χ3v) is 3.95. The van der Waals surface area contributed by atoms with E-state index in [1.54, 1.807) is 6.20 Å². The monoisotopic (exact) mass is 322 g/mol. The Morgan fingerprint density at radius 2 is 1.92 bits per heavy atom. The third kappa shape index (κ3) is 2.61. The van der Waals surface area contributed by atoms with Gasteiger partial charge in [0, 0.05) is 23.0 Å². The van der Waals surface area contributed by atoms with Crippen LogP contribution in [0.1, 0.15) is 11.5 Å². The Hall–Kier alpha value is -2.86.